The Labute approximate surface area is 200 Å². The van der Waals surface area contributed by atoms with Gasteiger partial charge >= 0.3 is 5.97 Å². The smallest absolute Gasteiger partial charge is 0.345 e. The number of amides is 2. The van der Waals surface area contributed by atoms with Crippen molar-refractivity contribution in [3.8, 4) is 5.75 Å². The summed E-state index contributed by atoms with van der Waals surface area (Å²) in [4.78, 5) is 36.3. The van der Waals surface area contributed by atoms with Crippen LogP contribution >= 0.6 is 23.2 Å². The molecule has 7 nitrogen and oxygen atoms in total. The highest BCUT2D eigenvalue weighted by Gasteiger charge is 2.13. The Morgan fingerprint density at radius 3 is 2.55 bits per heavy atom. The predicted octanol–water partition coefficient (Wildman–Crippen LogP) is 4.40. The van der Waals surface area contributed by atoms with Crippen LogP contribution in [0, 0.1) is 6.92 Å². The first kappa shape index (κ1) is 24.0. The van der Waals surface area contributed by atoms with Gasteiger partial charge in [-0.3, -0.25) is 9.59 Å². The quantitative estimate of drug-likeness (QED) is 0.225. The molecule has 0 fully saturated rings. The van der Waals surface area contributed by atoms with E-state index in [2.05, 4.69) is 15.8 Å². The van der Waals surface area contributed by atoms with E-state index in [1.54, 1.807) is 48.5 Å². The number of aryl methyl sites for hydroxylation is 1. The Morgan fingerprint density at radius 2 is 1.79 bits per heavy atom. The molecular formula is C24H19Cl2N3O4. The topological polar surface area (TPSA) is 96.9 Å². The fourth-order valence-electron chi connectivity index (χ4n) is 2.74. The van der Waals surface area contributed by atoms with Gasteiger partial charge in [-0.1, -0.05) is 53.0 Å². The third-order valence-corrected chi connectivity index (χ3v) is 4.86. The van der Waals surface area contributed by atoms with Crippen LogP contribution in [0.15, 0.2) is 71.8 Å². The molecule has 0 radical (unpaired) electrons. The van der Waals surface area contributed by atoms with Crippen LogP contribution in [0.5, 0.6) is 5.75 Å². The molecule has 0 heterocycles. The molecule has 0 bridgehead atoms. The van der Waals surface area contributed by atoms with Crippen molar-refractivity contribution in [1.82, 2.24) is 10.7 Å². The number of nitrogens with one attached hydrogen (secondary N) is 2. The molecule has 2 amide bonds. The largest absolute Gasteiger partial charge is 0.423 e. The number of carbonyl (C=O) groups is 3. The predicted molar refractivity (Wildman–Crippen MR) is 127 cm³/mol. The number of carbonyl (C=O) groups excluding carboxylic acids is 3. The Balaban J connectivity index is 1.52. The van der Waals surface area contributed by atoms with Crippen molar-refractivity contribution in [3.63, 3.8) is 0 Å². The van der Waals surface area contributed by atoms with Gasteiger partial charge in [-0.25, -0.2) is 10.2 Å². The van der Waals surface area contributed by atoms with Crippen LogP contribution in [0.1, 0.15) is 31.8 Å². The highest BCUT2D eigenvalue weighted by atomic mass is 35.5. The summed E-state index contributed by atoms with van der Waals surface area (Å²) in [6.07, 6.45) is 1.38. The third kappa shape index (κ3) is 7.17. The number of hydrogen-bond donors (Lipinski definition) is 2. The van der Waals surface area contributed by atoms with Gasteiger partial charge in [-0.2, -0.15) is 5.10 Å². The lowest BCUT2D eigenvalue weighted by molar-refractivity contribution is -0.120. The summed E-state index contributed by atoms with van der Waals surface area (Å²) in [5.41, 5.74) is 4.50. The highest BCUT2D eigenvalue weighted by molar-refractivity contribution is 6.36. The van der Waals surface area contributed by atoms with Gasteiger partial charge in [0.1, 0.15) is 5.75 Å². The van der Waals surface area contributed by atoms with E-state index < -0.39 is 11.9 Å². The van der Waals surface area contributed by atoms with Crippen LogP contribution in [0.25, 0.3) is 0 Å². The van der Waals surface area contributed by atoms with Crippen LogP contribution in [0.4, 0.5) is 0 Å². The minimum Gasteiger partial charge on any atom is -0.423 e. The Bertz CT molecular complexity index is 1230. The molecule has 2 N–H and O–H groups in total. The first-order valence-electron chi connectivity index (χ1n) is 9.76. The maximum Gasteiger partial charge on any atom is 0.345 e. The molecule has 0 saturated heterocycles. The van der Waals surface area contributed by atoms with Crippen LogP contribution in [0.2, 0.25) is 10.0 Å². The number of benzene rings is 3. The van der Waals surface area contributed by atoms with Crippen molar-refractivity contribution < 1.29 is 19.1 Å². The van der Waals surface area contributed by atoms with Crippen LogP contribution in [-0.2, 0) is 4.79 Å². The second-order valence-corrected chi connectivity index (χ2v) is 7.78. The lowest BCUT2D eigenvalue weighted by Gasteiger charge is -2.07. The standard InChI is InChI=1S/C24H19Cl2N3O4/c1-15-4-2-6-17(10-15)23(31)27-14-22(30)29-28-13-16-5-3-7-19(11-16)33-24(32)20-9-8-18(25)12-21(20)26/h2-13H,14H2,1H3,(H,27,31)(H,29,30). The molecule has 0 saturated carbocycles. The van der Waals surface area contributed by atoms with E-state index in [1.807, 2.05) is 13.0 Å². The van der Waals surface area contributed by atoms with Crippen LogP contribution in [0.3, 0.4) is 0 Å². The summed E-state index contributed by atoms with van der Waals surface area (Å²) in [5, 5.41) is 6.98. The summed E-state index contributed by atoms with van der Waals surface area (Å²) in [6, 6.07) is 18.0. The van der Waals surface area contributed by atoms with Crippen molar-refractivity contribution in [2.75, 3.05) is 6.54 Å². The highest BCUT2D eigenvalue weighted by Crippen LogP contribution is 2.23. The molecule has 3 aromatic carbocycles. The van der Waals surface area contributed by atoms with E-state index in [4.69, 9.17) is 27.9 Å². The molecule has 9 heteroatoms. The monoisotopic (exact) mass is 483 g/mol. The first-order chi connectivity index (χ1) is 15.8. The molecule has 0 aliphatic rings. The van der Waals surface area contributed by atoms with Crippen LogP contribution in [-0.4, -0.2) is 30.5 Å². The van der Waals surface area contributed by atoms with Gasteiger partial charge in [-0.15, -0.1) is 0 Å². The SMILES string of the molecule is Cc1cccc(C(=O)NCC(=O)NN=Cc2cccc(OC(=O)c3ccc(Cl)cc3Cl)c2)c1. The average Bonchev–Trinajstić information content (AvgIpc) is 2.77. The molecule has 33 heavy (non-hydrogen) atoms. The second-order valence-electron chi connectivity index (χ2n) is 6.93. The third-order valence-electron chi connectivity index (χ3n) is 4.31. The summed E-state index contributed by atoms with van der Waals surface area (Å²) in [5.74, 6) is -1.21. The fourth-order valence-corrected chi connectivity index (χ4v) is 3.23. The van der Waals surface area contributed by atoms with Gasteiger partial charge in [0.2, 0.25) is 0 Å². The molecule has 168 valence electrons. The zero-order valence-corrected chi connectivity index (χ0v) is 19.0. The Hall–Kier alpha value is -3.68. The van der Waals surface area contributed by atoms with Crippen molar-refractivity contribution in [2.24, 2.45) is 5.10 Å². The maximum absolute atomic E-state index is 12.3. The number of hydrogen-bond acceptors (Lipinski definition) is 5. The number of rotatable bonds is 7. The molecule has 3 aromatic rings. The van der Waals surface area contributed by atoms with E-state index in [0.29, 0.717) is 16.1 Å². The summed E-state index contributed by atoms with van der Waals surface area (Å²) in [6.45, 7) is 1.64. The van der Waals surface area contributed by atoms with Gasteiger partial charge in [0.25, 0.3) is 11.8 Å². The van der Waals surface area contributed by atoms with Crippen molar-refractivity contribution >= 4 is 47.2 Å². The summed E-state index contributed by atoms with van der Waals surface area (Å²) >= 11 is 11.9. The lowest BCUT2D eigenvalue weighted by atomic mass is 10.1. The summed E-state index contributed by atoms with van der Waals surface area (Å²) < 4.78 is 5.34. The fraction of sp³-hybridized carbons (Fsp3) is 0.0833. The molecule has 0 unspecified atom stereocenters. The van der Waals surface area contributed by atoms with Gasteiger partial charge in [-0.05, 0) is 55.0 Å². The number of esters is 1. The van der Waals surface area contributed by atoms with E-state index in [0.717, 1.165) is 5.56 Å². The van der Waals surface area contributed by atoms with Crippen molar-refractivity contribution in [2.45, 2.75) is 6.92 Å². The van der Waals surface area contributed by atoms with Crippen LogP contribution < -0.4 is 15.5 Å². The zero-order valence-electron chi connectivity index (χ0n) is 17.5. The number of halogens is 2. The Morgan fingerprint density at radius 1 is 1.00 bits per heavy atom. The van der Waals surface area contributed by atoms with E-state index in [1.165, 1.54) is 18.3 Å². The van der Waals surface area contributed by atoms with Crippen molar-refractivity contribution in [1.29, 1.82) is 0 Å². The lowest BCUT2D eigenvalue weighted by Crippen LogP contribution is -2.34. The van der Waals surface area contributed by atoms with Gasteiger partial charge in [0, 0.05) is 10.6 Å². The van der Waals surface area contributed by atoms with Crippen molar-refractivity contribution in [3.05, 3.63) is 99.0 Å². The minimum absolute atomic E-state index is 0.181. The molecule has 0 aliphatic heterocycles. The first-order valence-corrected chi connectivity index (χ1v) is 10.5. The molecule has 0 aliphatic carbocycles. The summed E-state index contributed by atoms with van der Waals surface area (Å²) in [7, 11) is 0. The van der Waals surface area contributed by atoms with Gasteiger partial charge < -0.3 is 10.1 Å². The molecule has 3 rings (SSSR count). The molecule has 0 atom stereocenters. The van der Waals surface area contributed by atoms with E-state index >= 15 is 0 Å². The number of hydrazone groups is 1. The zero-order chi connectivity index (χ0) is 23.8. The maximum atomic E-state index is 12.3. The number of ether oxygens (including phenoxy) is 1. The Kier molecular flexibility index (Phi) is 8.18. The molecular weight excluding hydrogens is 465 g/mol. The average molecular weight is 484 g/mol. The molecule has 0 aromatic heterocycles. The van der Waals surface area contributed by atoms with E-state index in [9.17, 15) is 14.4 Å². The minimum atomic E-state index is -0.636. The normalized spacial score (nSPS) is 10.6. The second kappa shape index (κ2) is 11.3. The number of nitrogens with zero attached hydrogens (tertiary/aromatic N) is 1. The molecule has 0 spiro atoms. The van der Waals surface area contributed by atoms with Gasteiger partial charge in [0.15, 0.2) is 0 Å². The van der Waals surface area contributed by atoms with Gasteiger partial charge in [0.05, 0.1) is 23.3 Å². The van der Waals surface area contributed by atoms with E-state index in [-0.39, 0.29) is 28.8 Å².